The molecular formula is C21H36IN3O4. The van der Waals surface area contributed by atoms with Crippen LogP contribution in [0.2, 0.25) is 0 Å². The normalized spacial score (nSPS) is 17.6. The molecule has 2 rings (SSSR count). The molecule has 29 heavy (non-hydrogen) atoms. The number of halogens is 1. The Morgan fingerprint density at radius 1 is 1.24 bits per heavy atom. The summed E-state index contributed by atoms with van der Waals surface area (Å²) in [6.45, 7) is 9.54. The SMILES string of the molecule is CCNC(=NCC(C)Oc1ccccc1OC)N1CCC(COCCOC)C1.I. The van der Waals surface area contributed by atoms with Gasteiger partial charge in [0.1, 0.15) is 6.10 Å². The van der Waals surface area contributed by atoms with Crippen LogP contribution in [0.1, 0.15) is 20.3 Å². The molecule has 1 aliphatic rings. The van der Waals surface area contributed by atoms with Gasteiger partial charge in [-0.2, -0.15) is 0 Å². The van der Waals surface area contributed by atoms with Gasteiger partial charge in [0.2, 0.25) is 0 Å². The lowest BCUT2D eigenvalue weighted by atomic mass is 10.1. The molecule has 2 atom stereocenters. The highest BCUT2D eigenvalue weighted by molar-refractivity contribution is 14.0. The van der Waals surface area contributed by atoms with Crippen molar-refractivity contribution in [1.29, 1.82) is 0 Å². The molecule has 1 aliphatic heterocycles. The molecule has 0 amide bonds. The minimum Gasteiger partial charge on any atom is -0.493 e. The highest BCUT2D eigenvalue weighted by Gasteiger charge is 2.25. The van der Waals surface area contributed by atoms with Gasteiger partial charge in [-0.15, -0.1) is 24.0 Å². The number of guanidine groups is 1. The van der Waals surface area contributed by atoms with Crippen LogP contribution in [0, 0.1) is 5.92 Å². The van der Waals surface area contributed by atoms with Crippen LogP contribution in [0.5, 0.6) is 11.5 Å². The quantitative estimate of drug-likeness (QED) is 0.209. The Morgan fingerprint density at radius 3 is 2.69 bits per heavy atom. The average Bonchev–Trinajstić information content (AvgIpc) is 3.17. The van der Waals surface area contributed by atoms with Crippen LogP contribution in [0.15, 0.2) is 29.3 Å². The predicted molar refractivity (Wildman–Crippen MR) is 127 cm³/mol. The highest BCUT2D eigenvalue weighted by Crippen LogP contribution is 2.26. The van der Waals surface area contributed by atoms with Gasteiger partial charge in [0.15, 0.2) is 17.5 Å². The van der Waals surface area contributed by atoms with Gasteiger partial charge in [0.25, 0.3) is 0 Å². The molecule has 1 N–H and O–H groups in total. The van der Waals surface area contributed by atoms with Gasteiger partial charge < -0.3 is 29.2 Å². The molecular weight excluding hydrogens is 485 g/mol. The molecule has 0 bridgehead atoms. The monoisotopic (exact) mass is 521 g/mol. The summed E-state index contributed by atoms with van der Waals surface area (Å²) in [7, 11) is 3.34. The molecule has 7 nitrogen and oxygen atoms in total. The Balaban J connectivity index is 0.00000420. The van der Waals surface area contributed by atoms with E-state index in [1.54, 1.807) is 14.2 Å². The first kappa shape index (κ1) is 25.8. The van der Waals surface area contributed by atoms with E-state index in [2.05, 4.69) is 17.1 Å². The number of aliphatic imine (C=N–C) groups is 1. The van der Waals surface area contributed by atoms with Crippen molar-refractivity contribution in [2.45, 2.75) is 26.4 Å². The van der Waals surface area contributed by atoms with Gasteiger partial charge in [0.05, 0.1) is 33.5 Å². The van der Waals surface area contributed by atoms with Crippen LogP contribution in [0.25, 0.3) is 0 Å². The van der Waals surface area contributed by atoms with Gasteiger partial charge >= 0.3 is 0 Å². The first-order chi connectivity index (χ1) is 13.7. The number of nitrogens with one attached hydrogen (secondary N) is 1. The third kappa shape index (κ3) is 8.96. The van der Waals surface area contributed by atoms with E-state index in [0.717, 1.165) is 50.1 Å². The number of rotatable bonds is 11. The molecule has 1 aromatic carbocycles. The Labute approximate surface area is 192 Å². The second-order valence-corrected chi connectivity index (χ2v) is 6.94. The number of ether oxygens (including phenoxy) is 4. The fourth-order valence-corrected chi connectivity index (χ4v) is 3.16. The fraction of sp³-hybridized carbons (Fsp3) is 0.667. The fourth-order valence-electron chi connectivity index (χ4n) is 3.16. The lowest BCUT2D eigenvalue weighted by Crippen LogP contribution is -2.41. The van der Waals surface area contributed by atoms with Crippen LogP contribution in [0.3, 0.4) is 0 Å². The zero-order valence-corrected chi connectivity index (χ0v) is 20.4. The van der Waals surface area contributed by atoms with E-state index in [4.69, 9.17) is 23.9 Å². The van der Waals surface area contributed by atoms with Gasteiger partial charge in [-0.05, 0) is 32.4 Å². The summed E-state index contributed by atoms with van der Waals surface area (Å²) >= 11 is 0. The van der Waals surface area contributed by atoms with Crippen molar-refractivity contribution in [3.63, 3.8) is 0 Å². The molecule has 0 radical (unpaired) electrons. The molecule has 8 heteroatoms. The molecule has 1 aromatic rings. The van der Waals surface area contributed by atoms with Crippen LogP contribution >= 0.6 is 24.0 Å². The first-order valence-electron chi connectivity index (χ1n) is 10.1. The lowest BCUT2D eigenvalue weighted by Gasteiger charge is -2.22. The number of nitrogens with zero attached hydrogens (tertiary/aromatic N) is 2. The Morgan fingerprint density at radius 2 is 2.00 bits per heavy atom. The van der Waals surface area contributed by atoms with Crippen molar-refractivity contribution in [3.05, 3.63) is 24.3 Å². The lowest BCUT2D eigenvalue weighted by molar-refractivity contribution is 0.0536. The molecule has 1 saturated heterocycles. The first-order valence-corrected chi connectivity index (χ1v) is 10.1. The van der Waals surface area contributed by atoms with E-state index in [0.29, 0.717) is 25.7 Å². The van der Waals surface area contributed by atoms with E-state index >= 15 is 0 Å². The van der Waals surface area contributed by atoms with Gasteiger partial charge in [-0.25, -0.2) is 4.99 Å². The van der Waals surface area contributed by atoms with Gasteiger partial charge in [-0.3, -0.25) is 0 Å². The van der Waals surface area contributed by atoms with Gasteiger partial charge in [-0.1, -0.05) is 12.1 Å². The maximum absolute atomic E-state index is 6.01. The Hall–Kier alpha value is -1.26. The summed E-state index contributed by atoms with van der Waals surface area (Å²) < 4.78 is 22.1. The second-order valence-electron chi connectivity index (χ2n) is 6.94. The van der Waals surface area contributed by atoms with Crippen molar-refractivity contribution < 1.29 is 18.9 Å². The second kappa shape index (κ2) is 14.7. The van der Waals surface area contributed by atoms with Crippen molar-refractivity contribution in [1.82, 2.24) is 10.2 Å². The summed E-state index contributed by atoms with van der Waals surface area (Å²) in [5.74, 6) is 2.95. The summed E-state index contributed by atoms with van der Waals surface area (Å²) in [5.41, 5.74) is 0. The van der Waals surface area contributed by atoms with E-state index in [9.17, 15) is 0 Å². The number of hydrogen-bond acceptors (Lipinski definition) is 5. The third-order valence-electron chi connectivity index (χ3n) is 4.60. The number of para-hydroxylation sites is 2. The van der Waals surface area contributed by atoms with E-state index in [1.807, 2.05) is 31.2 Å². The molecule has 2 unspecified atom stereocenters. The van der Waals surface area contributed by atoms with Crippen molar-refractivity contribution in [3.8, 4) is 11.5 Å². The smallest absolute Gasteiger partial charge is 0.194 e. The maximum Gasteiger partial charge on any atom is 0.194 e. The molecule has 0 spiro atoms. The largest absolute Gasteiger partial charge is 0.493 e. The van der Waals surface area contributed by atoms with E-state index in [-0.39, 0.29) is 30.1 Å². The average molecular weight is 521 g/mol. The zero-order chi connectivity index (χ0) is 20.2. The summed E-state index contributed by atoms with van der Waals surface area (Å²) in [6.07, 6.45) is 1.06. The molecule has 0 aromatic heterocycles. The van der Waals surface area contributed by atoms with Crippen LogP contribution < -0.4 is 14.8 Å². The standard InChI is InChI=1S/C21H35N3O4.HI/c1-5-22-21(24-11-10-18(15-24)16-27-13-12-25-3)23-14-17(2)28-20-9-7-6-8-19(20)26-4;/h6-9,17-18H,5,10-16H2,1-4H3,(H,22,23);1H. The number of likely N-dealkylation sites (tertiary alicyclic amines) is 1. The Kier molecular flexibility index (Phi) is 13.0. The number of methoxy groups -OCH3 is 2. The minimum atomic E-state index is -0.0549. The number of benzene rings is 1. The molecule has 1 fully saturated rings. The van der Waals surface area contributed by atoms with Crippen LogP contribution in [0.4, 0.5) is 0 Å². The summed E-state index contributed by atoms with van der Waals surface area (Å²) in [5, 5.41) is 3.40. The summed E-state index contributed by atoms with van der Waals surface area (Å²) in [6, 6.07) is 7.69. The molecule has 0 saturated carbocycles. The van der Waals surface area contributed by atoms with Crippen LogP contribution in [-0.4, -0.2) is 77.2 Å². The van der Waals surface area contributed by atoms with Crippen molar-refractivity contribution in [2.75, 3.05) is 60.2 Å². The predicted octanol–water partition coefficient (Wildman–Crippen LogP) is 3.03. The van der Waals surface area contributed by atoms with E-state index in [1.165, 1.54) is 0 Å². The molecule has 1 heterocycles. The van der Waals surface area contributed by atoms with Crippen molar-refractivity contribution >= 4 is 29.9 Å². The van der Waals surface area contributed by atoms with Crippen molar-refractivity contribution in [2.24, 2.45) is 10.9 Å². The van der Waals surface area contributed by atoms with Crippen LogP contribution in [-0.2, 0) is 9.47 Å². The number of hydrogen-bond donors (Lipinski definition) is 1. The highest BCUT2D eigenvalue weighted by atomic mass is 127. The summed E-state index contributed by atoms with van der Waals surface area (Å²) in [4.78, 5) is 7.11. The minimum absolute atomic E-state index is 0. The third-order valence-corrected chi connectivity index (χ3v) is 4.60. The topological polar surface area (TPSA) is 64.6 Å². The molecule has 0 aliphatic carbocycles. The Bertz CT molecular complexity index is 603. The van der Waals surface area contributed by atoms with E-state index < -0.39 is 0 Å². The van der Waals surface area contributed by atoms with Gasteiger partial charge in [0, 0.05) is 32.7 Å². The molecule has 166 valence electrons. The maximum atomic E-state index is 6.01. The zero-order valence-electron chi connectivity index (χ0n) is 18.1.